The second-order valence-corrected chi connectivity index (χ2v) is 21.1. The number of carbonyl (C=O) groups is 2. The summed E-state index contributed by atoms with van der Waals surface area (Å²) in [5.41, 5.74) is 18.4. The number of nitrogens with zero attached hydrogens (tertiary/aromatic N) is 8. The highest BCUT2D eigenvalue weighted by atomic mass is 16.6. The van der Waals surface area contributed by atoms with Crippen LogP contribution >= 0.6 is 0 Å². The Morgan fingerprint density at radius 3 is 1.37 bits per heavy atom. The zero-order valence-corrected chi connectivity index (χ0v) is 46.4. The van der Waals surface area contributed by atoms with E-state index >= 15 is 0 Å². The van der Waals surface area contributed by atoms with Crippen molar-refractivity contribution in [3.63, 3.8) is 0 Å². The normalized spacial score (nSPS) is 14.6. The van der Waals surface area contributed by atoms with Crippen molar-refractivity contribution in [2.45, 2.75) is 78.0 Å². The van der Waals surface area contributed by atoms with Crippen LogP contribution in [0, 0.1) is 35.5 Å². The van der Waals surface area contributed by atoms with Crippen LogP contribution in [-0.4, -0.2) is 106 Å². The lowest BCUT2D eigenvalue weighted by Crippen LogP contribution is -2.41. The minimum absolute atomic E-state index is 0.0469. The molecule has 81 heavy (non-hydrogen) atoms. The number of hydrogen-bond donors (Lipinski definition) is 4. The van der Waals surface area contributed by atoms with Gasteiger partial charge in [0, 0.05) is 49.1 Å². The molecule has 2 aliphatic heterocycles. The maximum absolute atomic E-state index is 12.5. The second kappa shape index (κ2) is 25.3. The molecule has 17 nitrogen and oxygen atoms in total. The molecular weight excluding hydrogens is 1020 g/mol. The van der Waals surface area contributed by atoms with Crippen molar-refractivity contribution >= 4 is 45.7 Å². The standard InChI is InChI=1S/C33H37N5O4.C31H31N5O3/c1-22(20-39)38-27(15-10-23-16-18-37(19-17-23)32(40)42-33(2,3)4)28(29-30(34)35-21-36-31(29)38)24-11-13-26(14-12-24)41-25-8-6-5-7-9-25;1-3-27(38)35-17-15-22(16-18-35)9-14-26-28(29-30(32)33-20-34-31(29)36(26)21(2)19-37)23-10-12-25(13-11-23)39-24-7-5-4-6-8-24/h5-9,11-14,21-23,39H,16-20H2,1-4H3,(H2,34,35,36);3-8,10-13,20-22,37H,1,15-19H2,2H3,(H2,32,33,34)/t;21-/m.0/s1. The van der Waals surface area contributed by atoms with Gasteiger partial charge in [-0.1, -0.05) is 79.1 Å². The van der Waals surface area contributed by atoms with Gasteiger partial charge in [0.1, 0.15) is 75.6 Å². The fourth-order valence-corrected chi connectivity index (χ4v) is 10.0. The van der Waals surface area contributed by atoms with Gasteiger partial charge < -0.3 is 54.8 Å². The number of nitrogens with two attached hydrogens (primary N) is 2. The van der Waals surface area contributed by atoms with Crippen LogP contribution in [0.2, 0.25) is 0 Å². The molecule has 2 aliphatic rings. The van der Waals surface area contributed by atoms with Gasteiger partial charge in [-0.3, -0.25) is 4.79 Å². The number of aliphatic hydroxyl groups is 2. The lowest BCUT2D eigenvalue weighted by atomic mass is 9.96. The number of anilines is 2. The molecule has 8 aromatic rings. The molecule has 6 heterocycles. The van der Waals surface area contributed by atoms with Crippen molar-refractivity contribution < 1.29 is 34.0 Å². The Hall–Kier alpha value is -9.16. The van der Waals surface area contributed by atoms with Crippen LogP contribution in [0.25, 0.3) is 44.3 Å². The number of hydrogen-bond acceptors (Lipinski definition) is 13. The molecule has 2 fully saturated rings. The Morgan fingerprint density at radius 2 is 1.00 bits per heavy atom. The zero-order chi connectivity index (χ0) is 57.2. The maximum atomic E-state index is 12.5. The highest BCUT2D eigenvalue weighted by Gasteiger charge is 2.29. The number of ether oxygens (including phenoxy) is 3. The second-order valence-electron chi connectivity index (χ2n) is 21.1. The smallest absolute Gasteiger partial charge is 0.410 e. The van der Waals surface area contributed by atoms with Crippen molar-refractivity contribution in [3.05, 3.63) is 146 Å². The third-order valence-electron chi connectivity index (χ3n) is 14.2. The van der Waals surface area contributed by atoms with Crippen LogP contribution in [0.15, 0.2) is 135 Å². The third kappa shape index (κ3) is 13.1. The molecule has 17 heteroatoms. The third-order valence-corrected chi connectivity index (χ3v) is 14.2. The van der Waals surface area contributed by atoms with Crippen molar-refractivity contribution in [3.8, 4) is 68.9 Å². The topological polar surface area (TPSA) is 222 Å². The van der Waals surface area contributed by atoms with E-state index in [1.54, 1.807) is 9.80 Å². The molecule has 6 N–H and O–H groups in total. The fourth-order valence-electron chi connectivity index (χ4n) is 10.0. The van der Waals surface area contributed by atoms with E-state index in [1.165, 1.54) is 18.7 Å². The number of aliphatic hydroxyl groups excluding tert-OH is 2. The largest absolute Gasteiger partial charge is 0.457 e. The van der Waals surface area contributed by atoms with Gasteiger partial charge in [0.05, 0.1) is 36.1 Å². The first kappa shape index (κ1) is 56.6. The molecule has 0 bridgehead atoms. The van der Waals surface area contributed by atoms with Crippen molar-refractivity contribution in [2.75, 3.05) is 50.9 Å². The fraction of sp³-hybridized carbons (Fsp3) is 0.312. The molecule has 4 aromatic heterocycles. The summed E-state index contributed by atoms with van der Waals surface area (Å²) in [7, 11) is 0. The average molecular weight is 1090 g/mol. The van der Waals surface area contributed by atoms with Crippen LogP contribution < -0.4 is 20.9 Å². The number of fused-ring (bicyclic) bond motifs is 2. The number of rotatable bonds is 11. The predicted octanol–water partition coefficient (Wildman–Crippen LogP) is 10.8. The lowest BCUT2D eigenvalue weighted by Gasteiger charge is -2.31. The first-order valence-corrected chi connectivity index (χ1v) is 27.2. The number of benzene rings is 4. The van der Waals surface area contributed by atoms with Gasteiger partial charge in [-0.15, -0.1) is 0 Å². The summed E-state index contributed by atoms with van der Waals surface area (Å²) >= 11 is 0. The molecule has 2 atom stereocenters. The van der Waals surface area contributed by atoms with Crippen LogP contribution in [0.3, 0.4) is 0 Å². The molecule has 0 saturated carbocycles. The Morgan fingerprint density at radius 1 is 0.617 bits per heavy atom. The lowest BCUT2D eigenvalue weighted by molar-refractivity contribution is -0.127. The Bertz CT molecular complexity index is 3630. The van der Waals surface area contributed by atoms with E-state index < -0.39 is 5.60 Å². The minimum atomic E-state index is -0.530. The molecule has 0 aliphatic carbocycles. The first-order valence-electron chi connectivity index (χ1n) is 27.2. The van der Waals surface area contributed by atoms with Gasteiger partial charge in [0.25, 0.3) is 0 Å². The minimum Gasteiger partial charge on any atom is -0.457 e. The molecule has 416 valence electrons. The molecule has 0 radical (unpaired) electrons. The molecule has 0 spiro atoms. The van der Waals surface area contributed by atoms with E-state index in [-0.39, 0.29) is 49.1 Å². The number of nitrogen functional groups attached to an aromatic ring is 2. The summed E-state index contributed by atoms with van der Waals surface area (Å²) in [5.74, 6) is 17.5. The number of aromatic nitrogens is 6. The van der Waals surface area contributed by atoms with Gasteiger partial charge in [-0.25, -0.2) is 24.7 Å². The van der Waals surface area contributed by atoms with Crippen molar-refractivity contribution in [1.82, 2.24) is 38.9 Å². The Labute approximate surface area is 472 Å². The monoisotopic (exact) mass is 1090 g/mol. The van der Waals surface area contributed by atoms with Gasteiger partial charge in [-0.05, 0) is 138 Å². The van der Waals surface area contributed by atoms with Crippen molar-refractivity contribution in [2.24, 2.45) is 11.8 Å². The zero-order valence-electron chi connectivity index (χ0n) is 46.4. The quantitative estimate of drug-likeness (QED) is 0.0700. The van der Waals surface area contributed by atoms with E-state index in [0.29, 0.717) is 77.1 Å². The summed E-state index contributed by atoms with van der Waals surface area (Å²) in [6.07, 6.45) is 6.98. The van der Waals surface area contributed by atoms with Crippen LogP contribution in [0.5, 0.6) is 23.0 Å². The van der Waals surface area contributed by atoms with E-state index in [1.807, 2.05) is 153 Å². The summed E-state index contributed by atoms with van der Waals surface area (Å²) in [6.45, 7) is 15.3. The van der Waals surface area contributed by atoms with Crippen molar-refractivity contribution in [1.29, 1.82) is 0 Å². The molecule has 4 aromatic carbocycles. The number of likely N-dealkylation sites (tertiary alicyclic amines) is 2. The predicted molar refractivity (Wildman–Crippen MR) is 315 cm³/mol. The van der Waals surface area contributed by atoms with E-state index in [2.05, 4.69) is 50.2 Å². The van der Waals surface area contributed by atoms with Gasteiger partial charge in [-0.2, -0.15) is 0 Å². The average Bonchev–Trinajstić information content (AvgIpc) is 3.28. The number of carbonyl (C=O) groups excluding carboxylic acids is 2. The SMILES string of the molecule is C=CC(=O)N1CCC(C#Cc2c(-c3ccc(Oc4ccccc4)cc3)c3c(N)ncnc3n2[C@@H](C)CO)CC1.CC(CO)n1c(C#CC2CCN(C(=O)OC(C)(C)C)CC2)c(-c2ccc(Oc3ccccc3)cc2)c2c(N)ncnc21. The number of para-hydroxylation sites is 2. The van der Waals surface area contributed by atoms with Gasteiger partial charge in [0.15, 0.2) is 0 Å². The van der Waals surface area contributed by atoms with E-state index in [9.17, 15) is 19.8 Å². The highest BCUT2D eigenvalue weighted by molar-refractivity contribution is 6.05. The van der Waals surface area contributed by atoms with Crippen LogP contribution in [0.1, 0.15) is 83.8 Å². The Kier molecular flexibility index (Phi) is 17.7. The summed E-state index contributed by atoms with van der Waals surface area (Å²) < 4.78 is 21.4. The van der Waals surface area contributed by atoms with E-state index in [4.69, 9.17) is 25.7 Å². The summed E-state index contributed by atoms with van der Waals surface area (Å²) in [6, 6.07) is 34.1. The molecule has 10 rings (SSSR count). The van der Waals surface area contributed by atoms with Gasteiger partial charge in [0.2, 0.25) is 5.91 Å². The molecular formula is C64H68N10O7. The van der Waals surface area contributed by atoms with E-state index in [0.717, 1.165) is 65.1 Å². The summed E-state index contributed by atoms with van der Waals surface area (Å²) in [5, 5.41) is 21.7. The maximum Gasteiger partial charge on any atom is 0.410 e. The first-order chi connectivity index (χ1) is 39.1. The molecule has 2 amide bonds. The van der Waals surface area contributed by atoms with Crippen LogP contribution in [0.4, 0.5) is 16.4 Å². The van der Waals surface area contributed by atoms with Gasteiger partial charge >= 0.3 is 6.09 Å². The highest BCUT2D eigenvalue weighted by Crippen LogP contribution is 2.41. The number of amides is 2. The van der Waals surface area contributed by atoms with Crippen LogP contribution in [-0.2, 0) is 9.53 Å². The molecule has 2 saturated heterocycles. The molecule has 1 unspecified atom stereocenters. The summed E-state index contributed by atoms with van der Waals surface area (Å²) in [4.78, 5) is 45.7. The number of piperidine rings is 2. The Balaban J connectivity index is 0.000000196.